The molecule has 0 unspecified atom stereocenters. The number of carboxylic acids is 2. The minimum absolute atomic E-state index is 0.0400. The van der Waals surface area contributed by atoms with E-state index in [-0.39, 0.29) is 35.1 Å². The van der Waals surface area contributed by atoms with Crippen LogP contribution in [0.25, 0.3) is 0 Å². The summed E-state index contributed by atoms with van der Waals surface area (Å²) in [4.78, 5) is 80.0. The largest absolute Gasteiger partial charge is 0.480 e. The van der Waals surface area contributed by atoms with Crippen LogP contribution < -0.4 is 10.4 Å². The van der Waals surface area contributed by atoms with Crippen LogP contribution in [-0.2, 0) is 22.4 Å². The van der Waals surface area contributed by atoms with Gasteiger partial charge in [0.05, 0.1) is 22.3 Å². The Morgan fingerprint density at radius 2 is 0.894 bits per heavy atom. The quantitative estimate of drug-likeness (QED) is 0.197. The van der Waals surface area contributed by atoms with Gasteiger partial charge in [-0.3, -0.25) is 29.0 Å². The average Bonchev–Trinajstić information content (AvgIpc) is 3.46. The predicted octanol–water partition coefficient (Wildman–Crippen LogP) is 3.09. The molecule has 0 radical (unpaired) electrons. The predicted molar refractivity (Wildman–Crippen MR) is 174 cm³/mol. The minimum Gasteiger partial charge on any atom is -0.480 e. The molecule has 4 aromatic carbocycles. The van der Waals surface area contributed by atoms with Gasteiger partial charge in [0, 0.05) is 12.8 Å². The van der Waals surface area contributed by atoms with E-state index in [1.807, 2.05) is 13.1 Å². The molecule has 0 bridgehead atoms. The van der Waals surface area contributed by atoms with Gasteiger partial charge < -0.3 is 10.2 Å². The molecule has 2 heterocycles. The number of rotatable bonds is 10. The smallest absolute Gasteiger partial charge is 0.327 e. The fourth-order valence-electron chi connectivity index (χ4n) is 6.28. The number of carbonyl (C=O) groups is 6. The summed E-state index contributed by atoms with van der Waals surface area (Å²) >= 11 is 0. The number of benzene rings is 4. The summed E-state index contributed by atoms with van der Waals surface area (Å²) in [6.45, 7) is 3.97. The Kier molecular flexibility index (Phi) is 7.94. The molecular weight excluding hydrogens is 616 g/mol. The van der Waals surface area contributed by atoms with E-state index in [9.17, 15) is 39.0 Å². The molecule has 236 valence electrons. The molecular formula is C36H30N2O8Si. The molecule has 0 aliphatic carbocycles. The maximum atomic E-state index is 13.6. The summed E-state index contributed by atoms with van der Waals surface area (Å²) in [5.41, 5.74) is 1.79. The number of aliphatic carboxylic acids is 2. The van der Waals surface area contributed by atoms with Crippen molar-refractivity contribution in [3.63, 3.8) is 0 Å². The monoisotopic (exact) mass is 646 g/mol. The lowest BCUT2D eigenvalue weighted by Crippen LogP contribution is -2.53. The third kappa shape index (κ3) is 5.44. The number of hydrogen-bond donors (Lipinski definition) is 2. The number of hydrogen-bond acceptors (Lipinski definition) is 6. The molecule has 47 heavy (non-hydrogen) atoms. The van der Waals surface area contributed by atoms with Crippen molar-refractivity contribution in [2.75, 3.05) is 0 Å². The lowest BCUT2D eigenvalue weighted by Gasteiger charge is -2.24. The summed E-state index contributed by atoms with van der Waals surface area (Å²) in [7, 11) is -2.71. The van der Waals surface area contributed by atoms with Crippen molar-refractivity contribution in [2.24, 2.45) is 0 Å². The number of amides is 4. The van der Waals surface area contributed by atoms with Crippen LogP contribution in [0.1, 0.15) is 52.6 Å². The first-order chi connectivity index (χ1) is 22.4. The maximum absolute atomic E-state index is 13.6. The van der Waals surface area contributed by atoms with Crippen molar-refractivity contribution in [1.29, 1.82) is 0 Å². The van der Waals surface area contributed by atoms with Crippen LogP contribution in [0.4, 0.5) is 0 Å². The second-order valence-corrected chi connectivity index (χ2v) is 16.6. The summed E-state index contributed by atoms with van der Waals surface area (Å²) in [5.74, 6) is -5.32. The van der Waals surface area contributed by atoms with Crippen LogP contribution in [0, 0.1) is 0 Å². The van der Waals surface area contributed by atoms with Crippen molar-refractivity contribution in [2.45, 2.75) is 38.0 Å². The molecule has 4 amide bonds. The highest BCUT2D eigenvalue weighted by molar-refractivity contribution is 7.00. The minimum atomic E-state index is -2.71. The molecule has 2 aliphatic rings. The topological polar surface area (TPSA) is 149 Å². The molecule has 6 rings (SSSR count). The number of carbonyl (C=O) groups excluding carboxylic acids is 4. The Hall–Kier alpha value is -5.68. The standard InChI is InChI=1S/C36H30N2O8Si/c1-47(2,23-13-15-25-27(19-23)33(41)37(31(25)39)29(35(43)44)17-21-9-5-3-6-10-21)24-14-16-26-28(20-24)34(42)38(32(26)40)30(36(45)46)18-22-11-7-4-8-12-22/h3-16,19-20,29-30H,17-18H2,1-2H3,(H,43,44)(H,45,46)/t29-,30-/m0/s1. The average molecular weight is 647 g/mol. The molecule has 0 spiro atoms. The zero-order chi connectivity index (χ0) is 33.6. The molecule has 2 atom stereocenters. The number of fused-ring (bicyclic) bond motifs is 2. The van der Waals surface area contributed by atoms with Crippen LogP contribution in [-0.4, -0.2) is 75.7 Å². The number of nitrogens with zero attached hydrogens (tertiary/aromatic N) is 2. The highest BCUT2D eigenvalue weighted by Gasteiger charge is 2.45. The van der Waals surface area contributed by atoms with Gasteiger partial charge in [-0.15, -0.1) is 0 Å². The van der Waals surface area contributed by atoms with Gasteiger partial charge in [0.25, 0.3) is 23.6 Å². The first-order valence-electron chi connectivity index (χ1n) is 15.0. The third-order valence-corrected chi connectivity index (χ3v) is 12.5. The van der Waals surface area contributed by atoms with E-state index in [4.69, 9.17) is 0 Å². The molecule has 4 aromatic rings. The van der Waals surface area contributed by atoms with E-state index >= 15 is 0 Å². The van der Waals surface area contributed by atoms with Crippen LogP contribution in [0.3, 0.4) is 0 Å². The van der Waals surface area contributed by atoms with Gasteiger partial charge in [-0.2, -0.15) is 0 Å². The van der Waals surface area contributed by atoms with E-state index in [2.05, 4.69) is 0 Å². The van der Waals surface area contributed by atoms with E-state index in [1.54, 1.807) is 84.9 Å². The van der Waals surface area contributed by atoms with Gasteiger partial charge in [0.15, 0.2) is 0 Å². The fourth-order valence-corrected chi connectivity index (χ4v) is 8.63. The Morgan fingerprint density at radius 3 is 1.23 bits per heavy atom. The third-order valence-electron chi connectivity index (χ3n) is 9.02. The van der Waals surface area contributed by atoms with Gasteiger partial charge in [-0.25, -0.2) is 9.59 Å². The Bertz CT molecular complexity index is 1830. The second kappa shape index (κ2) is 11.9. The van der Waals surface area contributed by atoms with Crippen molar-refractivity contribution >= 4 is 54.0 Å². The van der Waals surface area contributed by atoms with E-state index in [0.29, 0.717) is 11.1 Å². The first kappa shape index (κ1) is 31.3. The SMILES string of the molecule is C[Si](C)(c1ccc2c(c1)C(=O)N([C@@H](Cc1ccccc1)C(=O)O)C2=O)c1ccc2c(c1)C(=O)N([C@@H](Cc1ccccc1)C(=O)O)C2=O. The Labute approximate surface area is 270 Å². The van der Waals surface area contributed by atoms with Gasteiger partial charge >= 0.3 is 11.9 Å². The van der Waals surface area contributed by atoms with Crippen molar-refractivity contribution in [3.8, 4) is 0 Å². The molecule has 11 heteroatoms. The summed E-state index contributed by atoms with van der Waals surface area (Å²) in [6, 6.07) is 24.5. The van der Waals surface area contributed by atoms with E-state index < -0.39 is 55.7 Å². The number of carboxylic acid groups (broad SMARTS) is 2. The van der Waals surface area contributed by atoms with Crippen LogP contribution >= 0.6 is 0 Å². The zero-order valence-corrected chi connectivity index (χ0v) is 26.5. The Balaban J connectivity index is 1.29. The highest BCUT2D eigenvalue weighted by atomic mass is 28.3. The molecule has 2 N–H and O–H groups in total. The van der Waals surface area contributed by atoms with Crippen LogP contribution in [0.5, 0.6) is 0 Å². The van der Waals surface area contributed by atoms with Crippen molar-refractivity contribution in [1.82, 2.24) is 9.80 Å². The lowest BCUT2D eigenvalue weighted by molar-refractivity contribution is -0.142. The molecule has 10 nitrogen and oxygen atoms in total. The van der Waals surface area contributed by atoms with Crippen LogP contribution in [0.2, 0.25) is 13.1 Å². The fraction of sp³-hybridized carbons (Fsp3) is 0.167. The van der Waals surface area contributed by atoms with Crippen LogP contribution in [0.15, 0.2) is 97.1 Å². The second-order valence-electron chi connectivity index (χ2n) is 12.2. The molecule has 0 fully saturated rings. The zero-order valence-electron chi connectivity index (χ0n) is 25.5. The van der Waals surface area contributed by atoms with Gasteiger partial charge in [-0.05, 0) is 35.4 Å². The van der Waals surface area contributed by atoms with Gasteiger partial charge in [0.1, 0.15) is 20.2 Å². The van der Waals surface area contributed by atoms with E-state index in [0.717, 1.165) is 20.2 Å². The summed E-state index contributed by atoms with van der Waals surface area (Å²) < 4.78 is 0. The normalized spacial score (nSPS) is 15.4. The highest BCUT2D eigenvalue weighted by Crippen LogP contribution is 2.29. The van der Waals surface area contributed by atoms with Gasteiger partial charge in [0.2, 0.25) is 0 Å². The van der Waals surface area contributed by atoms with E-state index in [1.165, 1.54) is 12.1 Å². The molecule has 2 aliphatic heterocycles. The summed E-state index contributed by atoms with van der Waals surface area (Å²) in [6.07, 6.45) is -0.0799. The molecule has 0 saturated heterocycles. The molecule has 0 aromatic heterocycles. The summed E-state index contributed by atoms with van der Waals surface area (Å²) in [5, 5.41) is 21.5. The molecule has 0 saturated carbocycles. The first-order valence-corrected chi connectivity index (χ1v) is 18.0. The van der Waals surface area contributed by atoms with Gasteiger partial charge in [-0.1, -0.05) is 96.3 Å². The lowest BCUT2D eigenvalue weighted by atomic mass is 10.0. The van der Waals surface area contributed by atoms with Crippen molar-refractivity contribution in [3.05, 3.63) is 130 Å². The number of imide groups is 2. The maximum Gasteiger partial charge on any atom is 0.327 e. The Morgan fingerprint density at radius 1 is 0.553 bits per heavy atom. The van der Waals surface area contributed by atoms with Crippen molar-refractivity contribution < 1.29 is 39.0 Å².